The molecule has 0 aromatic carbocycles. The second-order valence-corrected chi connectivity index (χ2v) is 8.58. The molecule has 1 aromatic rings. The van der Waals surface area contributed by atoms with Crippen molar-refractivity contribution in [2.45, 2.75) is 26.6 Å². The average molecular weight is 155 g/mol. The number of rotatable bonds is 1. The van der Waals surface area contributed by atoms with Crippen LogP contribution in [0.15, 0.2) is 10.6 Å². The predicted molar refractivity (Wildman–Crippen MR) is 44.2 cm³/mol. The Bertz CT molecular complexity index is 224. The topological polar surface area (TPSA) is 26.0 Å². The van der Waals surface area contributed by atoms with E-state index in [1.807, 2.05) is 13.0 Å². The van der Waals surface area contributed by atoms with Crippen LogP contribution in [0.25, 0.3) is 0 Å². The van der Waals surface area contributed by atoms with Gasteiger partial charge in [0.2, 0.25) is 0 Å². The molecule has 0 saturated carbocycles. The summed E-state index contributed by atoms with van der Waals surface area (Å²) in [5.74, 6) is 0. The van der Waals surface area contributed by atoms with Crippen LogP contribution in [0.4, 0.5) is 0 Å². The number of aryl methyl sites for hydroxylation is 1. The molecule has 0 unspecified atom stereocenters. The summed E-state index contributed by atoms with van der Waals surface area (Å²) in [5.41, 5.74) is 0.984. The Morgan fingerprint density at radius 3 is 2.20 bits per heavy atom. The lowest BCUT2D eigenvalue weighted by Crippen LogP contribution is -2.36. The van der Waals surface area contributed by atoms with Crippen LogP contribution in [0.2, 0.25) is 19.6 Å². The average Bonchev–Trinajstić information content (AvgIpc) is 2.11. The molecule has 0 fully saturated rings. The lowest BCUT2D eigenvalue weighted by molar-refractivity contribution is 0.438. The molecule has 0 spiro atoms. The smallest absolute Gasteiger partial charge is 0.127 e. The van der Waals surface area contributed by atoms with Crippen LogP contribution in [-0.4, -0.2) is 13.2 Å². The molecule has 0 radical (unpaired) electrons. The highest BCUT2D eigenvalue weighted by Gasteiger charge is 2.21. The number of nitrogens with zero attached hydrogens (tertiary/aromatic N) is 1. The van der Waals surface area contributed by atoms with Crippen molar-refractivity contribution >= 4 is 13.5 Å². The van der Waals surface area contributed by atoms with Crippen LogP contribution in [0.5, 0.6) is 0 Å². The second-order valence-electron chi connectivity index (χ2n) is 3.58. The van der Waals surface area contributed by atoms with Crippen LogP contribution in [0, 0.1) is 6.92 Å². The zero-order chi connectivity index (χ0) is 7.78. The fourth-order valence-electron chi connectivity index (χ4n) is 0.717. The first-order valence-electron chi connectivity index (χ1n) is 3.44. The minimum Gasteiger partial charge on any atom is -0.366 e. The number of hydrogen-bond acceptors (Lipinski definition) is 2. The summed E-state index contributed by atoms with van der Waals surface area (Å²) in [5, 5.41) is 4.93. The molecule has 2 nitrogen and oxygen atoms in total. The molecule has 0 bridgehead atoms. The van der Waals surface area contributed by atoms with Gasteiger partial charge in [-0.3, -0.25) is 0 Å². The molecule has 10 heavy (non-hydrogen) atoms. The lowest BCUT2D eigenvalue weighted by Gasteiger charge is -2.08. The molecule has 0 atom stereocenters. The number of aromatic nitrogens is 1. The summed E-state index contributed by atoms with van der Waals surface area (Å²) in [4.78, 5) is 0. The minimum absolute atomic E-state index is 0.984. The zero-order valence-electron chi connectivity index (χ0n) is 6.93. The van der Waals surface area contributed by atoms with Crippen molar-refractivity contribution in [2.24, 2.45) is 0 Å². The maximum atomic E-state index is 5.14. The van der Waals surface area contributed by atoms with Crippen molar-refractivity contribution in [2.75, 3.05) is 0 Å². The summed E-state index contributed by atoms with van der Waals surface area (Å²) in [7, 11) is -1.24. The van der Waals surface area contributed by atoms with Crippen LogP contribution in [0.1, 0.15) is 5.69 Å². The Morgan fingerprint density at radius 1 is 1.40 bits per heavy atom. The fourth-order valence-corrected chi connectivity index (χ4v) is 1.68. The standard InChI is InChI=1S/C7H13NOSi/c1-6-5-7(9-8-6)10(2,3)4/h5H,1-4H3. The maximum absolute atomic E-state index is 5.14. The second kappa shape index (κ2) is 2.23. The van der Waals surface area contributed by atoms with Gasteiger partial charge >= 0.3 is 0 Å². The Balaban J connectivity index is 2.96. The van der Waals surface area contributed by atoms with Crippen molar-refractivity contribution in [3.05, 3.63) is 11.8 Å². The van der Waals surface area contributed by atoms with Crippen LogP contribution in [-0.2, 0) is 0 Å². The van der Waals surface area contributed by atoms with Gasteiger partial charge in [0.15, 0.2) is 0 Å². The molecule has 56 valence electrons. The van der Waals surface area contributed by atoms with Gasteiger partial charge in [-0.05, 0) is 13.0 Å². The van der Waals surface area contributed by atoms with Crippen molar-refractivity contribution in [1.82, 2.24) is 5.16 Å². The van der Waals surface area contributed by atoms with Gasteiger partial charge in [0.1, 0.15) is 13.5 Å². The van der Waals surface area contributed by atoms with Gasteiger partial charge in [-0.1, -0.05) is 24.8 Å². The molecule has 1 heterocycles. The normalized spacial score (nSPS) is 12.0. The third-order valence-electron chi connectivity index (χ3n) is 1.37. The van der Waals surface area contributed by atoms with E-state index in [0.29, 0.717) is 0 Å². The monoisotopic (exact) mass is 155 g/mol. The molecule has 0 aliphatic heterocycles. The quantitative estimate of drug-likeness (QED) is 0.575. The molecule has 3 heteroatoms. The van der Waals surface area contributed by atoms with Crippen LogP contribution >= 0.6 is 0 Å². The lowest BCUT2D eigenvalue weighted by atomic mass is 10.5. The molecule has 0 amide bonds. The van der Waals surface area contributed by atoms with Crippen molar-refractivity contribution in [3.63, 3.8) is 0 Å². The van der Waals surface area contributed by atoms with E-state index in [9.17, 15) is 0 Å². The summed E-state index contributed by atoms with van der Waals surface area (Å²) >= 11 is 0. The molecule has 0 aliphatic rings. The SMILES string of the molecule is Cc1cc([Si](C)(C)C)on1. The highest BCUT2D eigenvalue weighted by atomic mass is 28.3. The Kier molecular flexibility index (Phi) is 1.68. The first kappa shape index (κ1) is 7.53. The highest BCUT2D eigenvalue weighted by Crippen LogP contribution is 2.02. The number of hydrogen-bond donors (Lipinski definition) is 0. The fraction of sp³-hybridized carbons (Fsp3) is 0.571. The third-order valence-corrected chi connectivity index (χ3v) is 3.08. The zero-order valence-corrected chi connectivity index (χ0v) is 7.93. The largest absolute Gasteiger partial charge is 0.366 e. The maximum Gasteiger partial charge on any atom is 0.127 e. The van der Waals surface area contributed by atoms with E-state index in [2.05, 4.69) is 24.8 Å². The molecule has 1 aromatic heterocycles. The molecule has 0 saturated heterocycles. The summed E-state index contributed by atoms with van der Waals surface area (Å²) in [6.45, 7) is 8.68. The van der Waals surface area contributed by atoms with E-state index in [1.54, 1.807) is 0 Å². The first-order chi connectivity index (χ1) is 4.50. The molecular weight excluding hydrogens is 142 g/mol. The Labute approximate surface area is 62.2 Å². The molecular formula is C7H13NOSi. The summed E-state index contributed by atoms with van der Waals surface area (Å²) < 4.78 is 5.14. The van der Waals surface area contributed by atoms with E-state index < -0.39 is 8.07 Å². The van der Waals surface area contributed by atoms with Gasteiger partial charge in [-0.25, -0.2) is 0 Å². The van der Waals surface area contributed by atoms with Gasteiger partial charge in [-0.15, -0.1) is 0 Å². The van der Waals surface area contributed by atoms with Gasteiger partial charge < -0.3 is 4.52 Å². The summed E-state index contributed by atoms with van der Waals surface area (Å²) in [6, 6.07) is 2.03. The molecule has 1 rings (SSSR count). The van der Waals surface area contributed by atoms with Crippen LogP contribution < -0.4 is 5.38 Å². The summed E-state index contributed by atoms with van der Waals surface area (Å²) in [6.07, 6.45) is 0. The van der Waals surface area contributed by atoms with Gasteiger partial charge in [0, 0.05) is 0 Å². The predicted octanol–water partition coefficient (Wildman–Crippen LogP) is 1.53. The van der Waals surface area contributed by atoms with E-state index >= 15 is 0 Å². The van der Waals surface area contributed by atoms with Crippen molar-refractivity contribution in [3.8, 4) is 0 Å². The van der Waals surface area contributed by atoms with Crippen molar-refractivity contribution < 1.29 is 4.52 Å². The molecule has 0 N–H and O–H groups in total. The van der Waals surface area contributed by atoms with E-state index in [1.165, 1.54) is 0 Å². The van der Waals surface area contributed by atoms with Gasteiger partial charge in [-0.2, -0.15) is 0 Å². The van der Waals surface area contributed by atoms with E-state index in [-0.39, 0.29) is 0 Å². The Morgan fingerprint density at radius 2 is 2.00 bits per heavy atom. The van der Waals surface area contributed by atoms with Crippen LogP contribution in [0.3, 0.4) is 0 Å². The minimum atomic E-state index is -1.24. The molecule has 0 aliphatic carbocycles. The van der Waals surface area contributed by atoms with E-state index in [4.69, 9.17) is 4.52 Å². The van der Waals surface area contributed by atoms with Gasteiger partial charge in [0.25, 0.3) is 0 Å². The van der Waals surface area contributed by atoms with Gasteiger partial charge in [0.05, 0.1) is 5.69 Å². The van der Waals surface area contributed by atoms with Crippen molar-refractivity contribution in [1.29, 1.82) is 0 Å². The van der Waals surface area contributed by atoms with E-state index in [0.717, 1.165) is 11.1 Å². The first-order valence-corrected chi connectivity index (χ1v) is 6.94. The third kappa shape index (κ3) is 1.47. The highest BCUT2D eigenvalue weighted by molar-refractivity contribution is 6.87. The Hall–Kier alpha value is -0.573.